The van der Waals surface area contributed by atoms with E-state index in [4.69, 9.17) is 22.1 Å². The lowest BCUT2D eigenvalue weighted by atomic mass is 10.1. The van der Waals surface area contributed by atoms with Crippen LogP contribution in [0.1, 0.15) is 26.3 Å². The summed E-state index contributed by atoms with van der Waals surface area (Å²) in [5.41, 5.74) is 5.21. The van der Waals surface area contributed by atoms with Crippen molar-refractivity contribution in [3.63, 3.8) is 0 Å². The first-order chi connectivity index (χ1) is 12.0. The number of carbonyl (C=O) groups is 2. The number of rotatable bonds is 3. The van der Waals surface area contributed by atoms with Gasteiger partial charge in [-0.1, -0.05) is 28.2 Å². The molecule has 1 heterocycles. The van der Waals surface area contributed by atoms with Gasteiger partial charge in [0.25, 0.3) is 5.91 Å². The van der Waals surface area contributed by atoms with Gasteiger partial charge in [-0.2, -0.15) is 5.12 Å². The van der Waals surface area contributed by atoms with Crippen LogP contribution >= 0.6 is 11.6 Å². The summed E-state index contributed by atoms with van der Waals surface area (Å²) in [6, 6.07) is 3.49. The summed E-state index contributed by atoms with van der Waals surface area (Å²) in [4.78, 5) is 25.5. The molecule has 0 saturated carbocycles. The third-order valence-electron chi connectivity index (χ3n) is 3.78. The first-order valence-electron chi connectivity index (χ1n) is 8.10. The van der Waals surface area contributed by atoms with E-state index in [2.05, 4.69) is 0 Å². The number of nitrogens with zero attached hydrogens (tertiary/aromatic N) is 2. The molecule has 144 valence electrons. The molecule has 1 aliphatic rings. The lowest BCUT2D eigenvalue weighted by Crippen LogP contribution is -2.50. The summed E-state index contributed by atoms with van der Waals surface area (Å²) in [7, 11) is 0. The highest BCUT2D eigenvalue weighted by molar-refractivity contribution is 6.30. The summed E-state index contributed by atoms with van der Waals surface area (Å²) in [5.74, 6) is -1.20. The van der Waals surface area contributed by atoms with Gasteiger partial charge in [-0.05, 0) is 38.5 Å². The number of likely N-dealkylation sites (tertiary alicyclic amines) is 1. The van der Waals surface area contributed by atoms with Gasteiger partial charge in [0.2, 0.25) is 0 Å². The molecule has 2 rings (SSSR count). The van der Waals surface area contributed by atoms with Crippen molar-refractivity contribution in [1.29, 1.82) is 0 Å². The Balaban J connectivity index is 2.16. The monoisotopic (exact) mass is 389 g/mol. The highest BCUT2D eigenvalue weighted by Gasteiger charge is 2.50. The van der Waals surface area contributed by atoms with Gasteiger partial charge in [-0.25, -0.2) is 9.18 Å². The maximum atomic E-state index is 14.4. The van der Waals surface area contributed by atoms with Crippen LogP contribution in [0, 0.1) is 0 Å². The molecule has 6 nitrogen and oxygen atoms in total. The normalized spacial score (nSPS) is 23.0. The number of ether oxygens (including phenoxy) is 1. The summed E-state index contributed by atoms with van der Waals surface area (Å²) < 4.78 is 34.0. The van der Waals surface area contributed by atoms with Crippen molar-refractivity contribution in [2.45, 2.75) is 51.2 Å². The van der Waals surface area contributed by atoms with Gasteiger partial charge in [0.1, 0.15) is 17.8 Å². The van der Waals surface area contributed by atoms with Crippen molar-refractivity contribution < 1.29 is 23.2 Å². The molecule has 2 N–H and O–H groups in total. The van der Waals surface area contributed by atoms with Gasteiger partial charge < -0.3 is 10.5 Å². The Bertz CT molecular complexity index is 683. The van der Waals surface area contributed by atoms with Crippen LogP contribution in [-0.2, 0) is 16.1 Å². The van der Waals surface area contributed by atoms with E-state index < -0.39 is 42.4 Å². The zero-order valence-electron chi connectivity index (χ0n) is 14.8. The summed E-state index contributed by atoms with van der Waals surface area (Å²) in [6.45, 7) is 4.22. The molecular weight excluding hydrogens is 368 g/mol. The number of benzene rings is 1. The predicted octanol–water partition coefficient (Wildman–Crippen LogP) is 2.84. The minimum absolute atomic E-state index is 0.141. The molecule has 0 bridgehead atoms. The topological polar surface area (TPSA) is 75.9 Å². The lowest BCUT2D eigenvalue weighted by Gasteiger charge is -2.29. The minimum atomic E-state index is -1.90. The molecule has 26 heavy (non-hydrogen) atoms. The maximum absolute atomic E-state index is 14.4. The van der Waals surface area contributed by atoms with Crippen molar-refractivity contribution in [1.82, 2.24) is 10.0 Å². The lowest BCUT2D eigenvalue weighted by molar-refractivity contribution is -0.154. The zero-order chi connectivity index (χ0) is 19.6. The highest BCUT2D eigenvalue weighted by atomic mass is 35.5. The molecule has 0 aliphatic carbocycles. The van der Waals surface area contributed by atoms with Gasteiger partial charge in [0.05, 0.1) is 12.6 Å². The Morgan fingerprint density at radius 1 is 1.42 bits per heavy atom. The Labute approximate surface area is 155 Å². The number of nitrogens with two attached hydrogens (primary N) is 1. The number of alkyl halides is 1. The number of hydrogen-bond acceptors (Lipinski definition) is 4. The van der Waals surface area contributed by atoms with Crippen molar-refractivity contribution in [2.75, 3.05) is 6.54 Å². The Morgan fingerprint density at radius 3 is 2.65 bits per heavy atom. The molecule has 0 spiro atoms. The van der Waals surface area contributed by atoms with Crippen molar-refractivity contribution in [3.05, 3.63) is 34.9 Å². The molecular formula is C17H22ClF2N3O3. The zero-order valence-corrected chi connectivity index (χ0v) is 15.5. The van der Waals surface area contributed by atoms with E-state index in [9.17, 15) is 18.5 Å². The second-order valence-electron chi connectivity index (χ2n) is 7.17. The fraction of sp³-hybridized carbons (Fsp3) is 0.529. The maximum Gasteiger partial charge on any atom is 0.411 e. The highest BCUT2D eigenvalue weighted by Crippen LogP contribution is 2.26. The fourth-order valence-electron chi connectivity index (χ4n) is 2.64. The SMILES string of the molecule is CC(C)(C)OC(=O)N1C[C@@H](N)[C@H](F)[C@H]1C(=O)N(F)Cc1cccc(Cl)c1. The van der Waals surface area contributed by atoms with Gasteiger partial charge in [0.15, 0.2) is 0 Å². The van der Waals surface area contributed by atoms with E-state index >= 15 is 0 Å². The van der Waals surface area contributed by atoms with E-state index in [-0.39, 0.29) is 11.7 Å². The quantitative estimate of drug-likeness (QED) is 0.806. The van der Waals surface area contributed by atoms with Crippen LogP contribution in [0.5, 0.6) is 0 Å². The molecule has 3 atom stereocenters. The van der Waals surface area contributed by atoms with Crippen LogP contribution in [0.25, 0.3) is 0 Å². The van der Waals surface area contributed by atoms with E-state index in [1.54, 1.807) is 39.0 Å². The molecule has 0 unspecified atom stereocenters. The predicted molar refractivity (Wildman–Crippen MR) is 92.7 cm³/mol. The van der Waals surface area contributed by atoms with Gasteiger partial charge in [-0.15, -0.1) is 0 Å². The van der Waals surface area contributed by atoms with E-state index in [1.807, 2.05) is 0 Å². The van der Waals surface area contributed by atoms with Crippen LogP contribution < -0.4 is 5.73 Å². The van der Waals surface area contributed by atoms with Crippen LogP contribution in [0.15, 0.2) is 24.3 Å². The fourth-order valence-corrected chi connectivity index (χ4v) is 2.86. The number of hydrogen-bond donors (Lipinski definition) is 1. The first kappa shape index (κ1) is 20.4. The Morgan fingerprint density at radius 2 is 2.08 bits per heavy atom. The number of carbonyl (C=O) groups excluding carboxylic acids is 2. The molecule has 0 aromatic heterocycles. The molecule has 2 amide bonds. The van der Waals surface area contributed by atoms with Gasteiger partial charge >= 0.3 is 6.09 Å². The third-order valence-corrected chi connectivity index (χ3v) is 4.02. The van der Waals surface area contributed by atoms with Gasteiger partial charge in [0, 0.05) is 11.6 Å². The first-order valence-corrected chi connectivity index (χ1v) is 8.48. The van der Waals surface area contributed by atoms with Crippen molar-refractivity contribution >= 4 is 23.6 Å². The van der Waals surface area contributed by atoms with Crippen LogP contribution in [0.3, 0.4) is 0 Å². The molecule has 1 fully saturated rings. The van der Waals surface area contributed by atoms with Crippen LogP contribution in [-0.4, -0.2) is 52.4 Å². The second kappa shape index (κ2) is 7.75. The molecule has 9 heteroatoms. The molecule has 1 aliphatic heterocycles. The van der Waals surface area contributed by atoms with Crippen molar-refractivity contribution in [3.8, 4) is 0 Å². The van der Waals surface area contributed by atoms with Crippen molar-refractivity contribution in [2.24, 2.45) is 5.73 Å². The Kier molecular flexibility index (Phi) is 6.08. The van der Waals surface area contributed by atoms with Crippen LogP contribution in [0.4, 0.5) is 13.7 Å². The average molecular weight is 390 g/mol. The molecule has 1 aromatic rings. The largest absolute Gasteiger partial charge is 0.444 e. The summed E-state index contributed by atoms with van der Waals surface area (Å²) in [6.07, 6.45) is -2.81. The van der Waals surface area contributed by atoms with E-state index in [0.717, 1.165) is 4.90 Å². The number of halogens is 3. The Hall–Kier alpha value is -1.93. The van der Waals surface area contributed by atoms with Crippen LogP contribution in [0.2, 0.25) is 5.02 Å². The second-order valence-corrected chi connectivity index (χ2v) is 7.61. The number of amides is 2. The molecule has 1 saturated heterocycles. The summed E-state index contributed by atoms with van der Waals surface area (Å²) in [5, 5.41) is 0.239. The standard InChI is InChI=1S/C17H22ClF2N3O3/c1-17(2,3)26-16(25)22-9-12(21)13(19)14(22)15(24)23(20)8-10-5-4-6-11(18)7-10/h4-7,12-14H,8-9,21H2,1-3H3/t12-,13+,14+/m1/s1. The van der Waals surface area contributed by atoms with E-state index in [0.29, 0.717) is 10.6 Å². The molecule has 1 aromatic carbocycles. The van der Waals surface area contributed by atoms with Gasteiger partial charge in [-0.3, -0.25) is 9.69 Å². The smallest absolute Gasteiger partial charge is 0.411 e. The minimum Gasteiger partial charge on any atom is -0.444 e. The molecule has 0 radical (unpaired) electrons. The summed E-state index contributed by atoms with van der Waals surface area (Å²) >= 11 is 5.83. The van der Waals surface area contributed by atoms with E-state index in [1.165, 1.54) is 6.07 Å². The third kappa shape index (κ3) is 4.82. The average Bonchev–Trinajstić information content (AvgIpc) is 2.80.